The highest BCUT2D eigenvalue weighted by Gasteiger charge is 2.37. The molecule has 1 saturated heterocycles. The minimum absolute atomic E-state index is 0.0584. The normalized spacial score (nSPS) is 26.3. The Bertz CT molecular complexity index is 461. The van der Waals surface area contributed by atoms with Gasteiger partial charge in [-0.15, -0.1) is 0 Å². The highest BCUT2D eigenvalue weighted by molar-refractivity contribution is 5.30. The quantitative estimate of drug-likeness (QED) is 0.775. The summed E-state index contributed by atoms with van der Waals surface area (Å²) in [4.78, 5) is 6.70. The van der Waals surface area contributed by atoms with Crippen molar-refractivity contribution in [1.82, 2.24) is 10.1 Å². The van der Waals surface area contributed by atoms with E-state index in [1.54, 1.807) is 7.11 Å². The average Bonchev–Trinajstić information content (AvgIpc) is 3.25. The molecule has 6 nitrogen and oxygen atoms in total. The molecule has 1 N–H and O–H groups in total. The molecule has 2 heterocycles. The zero-order valence-corrected chi connectivity index (χ0v) is 12.8. The van der Waals surface area contributed by atoms with Crippen LogP contribution in [0.3, 0.4) is 0 Å². The van der Waals surface area contributed by atoms with Crippen molar-refractivity contribution >= 4 is 5.95 Å². The molecule has 1 aliphatic carbocycles. The number of rotatable bonds is 7. The summed E-state index contributed by atoms with van der Waals surface area (Å²) in [6.45, 7) is 2.70. The largest absolute Gasteiger partial charge is 0.396 e. The predicted octanol–water partition coefficient (Wildman–Crippen LogP) is 1.95. The summed E-state index contributed by atoms with van der Waals surface area (Å²) >= 11 is 0. The van der Waals surface area contributed by atoms with E-state index in [1.807, 2.05) is 0 Å². The Morgan fingerprint density at radius 2 is 2.33 bits per heavy atom. The second kappa shape index (κ2) is 6.32. The molecule has 1 aromatic heterocycles. The average molecular weight is 295 g/mol. The first kappa shape index (κ1) is 14.8. The number of hydrogen-bond donors (Lipinski definition) is 1. The molecule has 0 bridgehead atoms. The van der Waals surface area contributed by atoms with Gasteiger partial charge in [-0.3, -0.25) is 0 Å². The Kier molecular flexibility index (Phi) is 4.45. The highest BCUT2D eigenvalue weighted by atomic mass is 16.5. The number of methoxy groups -OCH3 is 1. The monoisotopic (exact) mass is 295 g/mol. The van der Waals surface area contributed by atoms with E-state index in [4.69, 9.17) is 9.26 Å². The van der Waals surface area contributed by atoms with Gasteiger partial charge in [0, 0.05) is 38.1 Å². The van der Waals surface area contributed by atoms with E-state index in [0.29, 0.717) is 11.9 Å². The van der Waals surface area contributed by atoms with Gasteiger partial charge in [-0.25, -0.2) is 0 Å². The van der Waals surface area contributed by atoms with Crippen LogP contribution in [-0.2, 0) is 4.74 Å². The van der Waals surface area contributed by atoms with Gasteiger partial charge in [-0.05, 0) is 43.7 Å². The second-order valence-electron chi connectivity index (χ2n) is 6.49. The number of ether oxygens (including phenoxy) is 1. The Hall–Kier alpha value is -1.14. The van der Waals surface area contributed by atoms with Crippen LogP contribution < -0.4 is 4.90 Å². The summed E-state index contributed by atoms with van der Waals surface area (Å²) in [6.07, 6.45) is 6.39. The first-order valence-electron chi connectivity index (χ1n) is 7.95. The van der Waals surface area contributed by atoms with E-state index in [1.165, 1.54) is 12.8 Å². The Morgan fingerprint density at radius 1 is 1.48 bits per heavy atom. The third kappa shape index (κ3) is 3.37. The van der Waals surface area contributed by atoms with Gasteiger partial charge in [0.25, 0.3) is 5.95 Å². The van der Waals surface area contributed by atoms with Gasteiger partial charge >= 0.3 is 0 Å². The molecule has 1 aromatic rings. The van der Waals surface area contributed by atoms with Crippen LogP contribution in [0, 0.1) is 5.41 Å². The Labute approximate surface area is 125 Å². The zero-order chi connectivity index (χ0) is 14.7. The number of piperidine rings is 1. The van der Waals surface area contributed by atoms with Crippen molar-refractivity contribution in [3.8, 4) is 0 Å². The molecule has 1 atom stereocenters. The smallest absolute Gasteiger partial charge is 0.266 e. The Balaban J connectivity index is 1.65. The number of aliphatic hydroxyl groups is 1. The fraction of sp³-hybridized carbons (Fsp3) is 0.867. The SMILES string of the molecule is COCCC[C@@]1(CO)CCCN(c2noc(C3CC3)n2)C1. The summed E-state index contributed by atoms with van der Waals surface area (Å²) in [5.74, 6) is 1.96. The maximum atomic E-state index is 9.88. The molecular formula is C15H25N3O3. The molecule has 0 spiro atoms. The van der Waals surface area contributed by atoms with Gasteiger partial charge in [-0.2, -0.15) is 4.98 Å². The minimum Gasteiger partial charge on any atom is -0.396 e. The Morgan fingerprint density at radius 3 is 3.05 bits per heavy atom. The van der Waals surface area contributed by atoms with Crippen LogP contribution in [0.2, 0.25) is 0 Å². The maximum Gasteiger partial charge on any atom is 0.266 e. The molecule has 1 aliphatic heterocycles. The van der Waals surface area contributed by atoms with E-state index in [2.05, 4.69) is 15.0 Å². The molecule has 6 heteroatoms. The van der Waals surface area contributed by atoms with Gasteiger partial charge in [0.05, 0.1) is 6.61 Å². The lowest BCUT2D eigenvalue weighted by Gasteiger charge is -2.41. The van der Waals surface area contributed by atoms with Crippen molar-refractivity contribution in [3.05, 3.63) is 5.89 Å². The van der Waals surface area contributed by atoms with Crippen LogP contribution in [0.4, 0.5) is 5.95 Å². The lowest BCUT2D eigenvalue weighted by molar-refractivity contribution is 0.0817. The van der Waals surface area contributed by atoms with Crippen molar-refractivity contribution < 1.29 is 14.4 Å². The highest BCUT2D eigenvalue weighted by Crippen LogP contribution is 2.40. The van der Waals surface area contributed by atoms with Gasteiger partial charge in [-0.1, -0.05) is 0 Å². The molecule has 2 aliphatic rings. The third-order valence-corrected chi connectivity index (χ3v) is 4.69. The van der Waals surface area contributed by atoms with Crippen molar-refractivity contribution in [2.24, 2.45) is 5.41 Å². The van der Waals surface area contributed by atoms with Gasteiger partial charge in [0.2, 0.25) is 5.89 Å². The summed E-state index contributed by atoms with van der Waals surface area (Å²) < 4.78 is 10.5. The maximum absolute atomic E-state index is 9.88. The topological polar surface area (TPSA) is 71.6 Å². The van der Waals surface area contributed by atoms with E-state index in [9.17, 15) is 5.11 Å². The molecule has 0 aromatic carbocycles. The summed E-state index contributed by atoms with van der Waals surface area (Å²) in [5, 5.41) is 14.0. The van der Waals surface area contributed by atoms with Crippen LogP contribution in [0.25, 0.3) is 0 Å². The number of hydrogen-bond acceptors (Lipinski definition) is 6. The first-order valence-corrected chi connectivity index (χ1v) is 7.95. The molecule has 1 saturated carbocycles. The third-order valence-electron chi connectivity index (χ3n) is 4.69. The van der Waals surface area contributed by atoms with Crippen molar-refractivity contribution in [2.45, 2.75) is 44.4 Å². The van der Waals surface area contributed by atoms with Crippen LogP contribution in [0.15, 0.2) is 4.52 Å². The fourth-order valence-corrected chi connectivity index (χ4v) is 3.23. The summed E-state index contributed by atoms with van der Waals surface area (Å²) in [5.41, 5.74) is -0.0584. The number of aromatic nitrogens is 2. The molecule has 21 heavy (non-hydrogen) atoms. The number of nitrogens with zero attached hydrogens (tertiary/aromatic N) is 3. The van der Waals surface area contributed by atoms with Crippen molar-refractivity contribution in [1.29, 1.82) is 0 Å². The second-order valence-corrected chi connectivity index (χ2v) is 6.49. The molecule has 0 amide bonds. The van der Waals surface area contributed by atoms with E-state index in [0.717, 1.165) is 51.3 Å². The molecule has 2 fully saturated rings. The van der Waals surface area contributed by atoms with Crippen LogP contribution in [-0.4, -0.2) is 48.7 Å². The van der Waals surface area contributed by atoms with Gasteiger partial charge in [0.15, 0.2) is 0 Å². The van der Waals surface area contributed by atoms with E-state index >= 15 is 0 Å². The fourth-order valence-electron chi connectivity index (χ4n) is 3.23. The minimum atomic E-state index is -0.0584. The van der Waals surface area contributed by atoms with E-state index < -0.39 is 0 Å². The van der Waals surface area contributed by atoms with Gasteiger partial charge < -0.3 is 19.3 Å². The number of aliphatic hydroxyl groups excluding tert-OH is 1. The lowest BCUT2D eigenvalue weighted by Crippen LogP contribution is -2.46. The molecular weight excluding hydrogens is 270 g/mol. The van der Waals surface area contributed by atoms with Crippen molar-refractivity contribution in [2.75, 3.05) is 38.3 Å². The first-order chi connectivity index (χ1) is 10.3. The van der Waals surface area contributed by atoms with Crippen LogP contribution in [0.5, 0.6) is 0 Å². The molecule has 118 valence electrons. The van der Waals surface area contributed by atoms with Crippen LogP contribution >= 0.6 is 0 Å². The summed E-state index contributed by atoms with van der Waals surface area (Å²) in [6, 6.07) is 0. The van der Waals surface area contributed by atoms with Crippen LogP contribution in [0.1, 0.15) is 50.3 Å². The lowest BCUT2D eigenvalue weighted by atomic mass is 9.77. The summed E-state index contributed by atoms with van der Waals surface area (Å²) in [7, 11) is 1.72. The van der Waals surface area contributed by atoms with E-state index in [-0.39, 0.29) is 12.0 Å². The zero-order valence-electron chi connectivity index (χ0n) is 12.8. The number of anilines is 1. The molecule has 0 unspecified atom stereocenters. The standard InChI is InChI=1S/C15H25N3O3/c1-20-9-3-7-15(11-19)6-2-8-18(10-15)14-16-13(21-17-14)12-4-5-12/h12,19H,2-11H2,1H3/t15-/m0/s1. The van der Waals surface area contributed by atoms with Gasteiger partial charge in [0.1, 0.15) is 0 Å². The molecule has 0 radical (unpaired) electrons. The molecule has 3 rings (SSSR count). The van der Waals surface area contributed by atoms with Crippen molar-refractivity contribution in [3.63, 3.8) is 0 Å². The predicted molar refractivity (Wildman–Crippen MR) is 78.3 cm³/mol.